The fourth-order valence-corrected chi connectivity index (χ4v) is 5.24. The summed E-state index contributed by atoms with van der Waals surface area (Å²) < 4.78 is 22.8. The highest BCUT2D eigenvalue weighted by Crippen LogP contribution is 2.31. The van der Waals surface area contributed by atoms with Crippen molar-refractivity contribution in [3.8, 4) is 10.6 Å². The van der Waals surface area contributed by atoms with Crippen LogP contribution >= 0.6 is 22.9 Å². The molecule has 112 valence electrons. The van der Waals surface area contributed by atoms with Crippen LogP contribution in [0.15, 0.2) is 24.3 Å². The van der Waals surface area contributed by atoms with E-state index in [-0.39, 0.29) is 11.7 Å². The number of halogens is 1. The van der Waals surface area contributed by atoms with Gasteiger partial charge in [0.05, 0.1) is 16.5 Å². The molecule has 0 aliphatic carbocycles. The van der Waals surface area contributed by atoms with E-state index in [1.54, 1.807) is 0 Å². The maximum Gasteiger partial charge on any atom is 0.206 e. The van der Waals surface area contributed by atoms with Crippen molar-refractivity contribution in [3.05, 3.63) is 29.3 Å². The molecule has 0 bridgehead atoms. The fourth-order valence-electron chi connectivity index (χ4n) is 2.30. The van der Waals surface area contributed by atoms with Crippen molar-refractivity contribution in [1.29, 1.82) is 0 Å². The van der Waals surface area contributed by atoms with Crippen molar-refractivity contribution >= 4 is 37.9 Å². The Morgan fingerprint density at radius 2 is 2.14 bits per heavy atom. The zero-order valence-corrected chi connectivity index (χ0v) is 13.5. The first-order valence-electron chi connectivity index (χ1n) is 6.56. The maximum atomic E-state index is 11.4. The van der Waals surface area contributed by atoms with Crippen molar-refractivity contribution in [3.63, 3.8) is 0 Å². The van der Waals surface area contributed by atoms with Crippen LogP contribution in [0.25, 0.3) is 10.6 Å². The molecule has 5 nitrogen and oxygen atoms in total. The molecule has 1 aromatic carbocycles. The lowest BCUT2D eigenvalue weighted by molar-refractivity contribution is 0.596. The van der Waals surface area contributed by atoms with E-state index in [0.717, 1.165) is 10.6 Å². The van der Waals surface area contributed by atoms with Crippen LogP contribution < -0.4 is 5.32 Å². The molecule has 0 radical (unpaired) electrons. The molecule has 1 fully saturated rings. The van der Waals surface area contributed by atoms with Crippen LogP contribution in [0.5, 0.6) is 0 Å². The van der Waals surface area contributed by atoms with Gasteiger partial charge in [0, 0.05) is 12.1 Å². The quantitative estimate of drug-likeness (QED) is 0.924. The molecule has 0 unspecified atom stereocenters. The highest BCUT2D eigenvalue weighted by atomic mass is 35.5. The predicted octanol–water partition coefficient (Wildman–Crippen LogP) is 2.71. The Balaban J connectivity index is 1.65. The lowest BCUT2D eigenvalue weighted by Crippen LogP contribution is -2.15. The van der Waals surface area contributed by atoms with E-state index in [1.165, 1.54) is 11.3 Å². The monoisotopic (exact) mass is 343 g/mol. The van der Waals surface area contributed by atoms with E-state index >= 15 is 0 Å². The third-order valence-electron chi connectivity index (χ3n) is 3.40. The van der Waals surface area contributed by atoms with E-state index in [9.17, 15) is 8.42 Å². The Hall–Kier alpha value is -1.18. The van der Waals surface area contributed by atoms with Gasteiger partial charge in [-0.05, 0) is 18.4 Å². The van der Waals surface area contributed by atoms with Crippen molar-refractivity contribution in [2.24, 2.45) is 5.92 Å². The molecule has 2 aromatic rings. The van der Waals surface area contributed by atoms with E-state index < -0.39 is 9.84 Å². The lowest BCUT2D eigenvalue weighted by Gasteiger charge is -2.07. The molecule has 8 heteroatoms. The number of hydrogen-bond donors (Lipinski definition) is 1. The highest BCUT2D eigenvalue weighted by Gasteiger charge is 2.27. The summed E-state index contributed by atoms with van der Waals surface area (Å²) in [6, 6.07) is 7.48. The molecular formula is C13H14ClN3O2S2. The van der Waals surface area contributed by atoms with Crippen molar-refractivity contribution in [1.82, 2.24) is 10.2 Å². The van der Waals surface area contributed by atoms with Crippen molar-refractivity contribution in [2.75, 3.05) is 23.4 Å². The van der Waals surface area contributed by atoms with Gasteiger partial charge in [0.15, 0.2) is 14.8 Å². The number of hydrogen-bond acceptors (Lipinski definition) is 6. The molecule has 3 rings (SSSR count). The summed E-state index contributed by atoms with van der Waals surface area (Å²) in [4.78, 5) is 0. The van der Waals surface area contributed by atoms with Gasteiger partial charge in [0.1, 0.15) is 0 Å². The molecular weight excluding hydrogens is 330 g/mol. The smallest absolute Gasteiger partial charge is 0.206 e. The summed E-state index contributed by atoms with van der Waals surface area (Å²) in [5.41, 5.74) is 0.855. The first-order chi connectivity index (χ1) is 10.0. The summed E-state index contributed by atoms with van der Waals surface area (Å²) in [5.74, 6) is 0.707. The summed E-state index contributed by atoms with van der Waals surface area (Å²) in [6.45, 7) is 0.608. The summed E-state index contributed by atoms with van der Waals surface area (Å²) >= 11 is 7.55. The summed E-state index contributed by atoms with van der Waals surface area (Å²) in [5, 5.41) is 13.5. The van der Waals surface area contributed by atoms with Gasteiger partial charge in [0.2, 0.25) is 5.13 Å². The van der Waals surface area contributed by atoms with Gasteiger partial charge >= 0.3 is 0 Å². The molecule has 0 saturated carbocycles. The van der Waals surface area contributed by atoms with Crippen LogP contribution in [0.2, 0.25) is 5.02 Å². The number of sulfone groups is 1. The molecule has 0 spiro atoms. The lowest BCUT2D eigenvalue weighted by atomic mass is 10.1. The minimum Gasteiger partial charge on any atom is -0.360 e. The molecule has 21 heavy (non-hydrogen) atoms. The molecule has 1 N–H and O–H groups in total. The first kappa shape index (κ1) is 14.7. The Morgan fingerprint density at radius 3 is 2.86 bits per heavy atom. The second kappa shape index (κ2) is 5.90. The zero-order chi connectivity index (χ0) is 14.9. The van der Waals surface area contributed by atoms with Gasteiger partial charge < -0.3 is 5.32 Å². The standard InChI is InChI=1S/C13H14ClN3O2S2/c14-11-4-2-1-3-10(11)12-16-17-13(20-12)15-7-9-5-6-21(18,19)8-9/h1-4,9H,5-8H2,(H,15,17)/t9-/m0/s1. The number of anilines is 1. The van der Waals surface area contributed by atoms with Crippen LogP contribution in [0, 0.1) is 5.92 Å². The third-order valence-corrected chi connectivity index (χ3v) is 6.48. The molecule has 1 aliphatic rings. The fraction of sp³-hybridized carbons (Fsp3) is 0.385. The van der Waals surface area contributed by atoms with Crippen LogP contribution in [-0.4, -0.2) is 36.7 Å². The van der Waals surface area contributed by atoms with E-state index in [0.29, 0.717) is 28.9 Å². The molecule has 1 atom stereocenters. The van der Waals surface area contributed by atoms with Gasteiger partial charge in [-0.3, -0.25) is 0 Å². The molecule has 2 heterocycles. The molecule has 0 amide bonds. The van der Waals surface area contributed by atoms with Gasteiger partial charge in [0.25, 0.3) is 0 Å². The summed E-state index contributed by atoms with van der Waals surface area (Å²) in [6.07, 6.45) is 0.714. The van der Waals surface area contributed by atoms with E-state index in [2.05, 4.69) is 15.5 Å². The minimum absolute atomic E-state index is 0.155. The topological polar surface area (TPSA) is 72.0 Å². The molecule has 1 aromatic heterocycles. The Morgan fingerprint density at radius 1 is 1.33 bits per heavy atom. The largest absolute Gasteiger partial charge is 0.360 e. The predicted molar refractivity (Wildman–Crippen MR) is 85.6 cm³/mol. The first-order valence-corrected chi connectivity index (χ1v) is 9.58. The van der Waals surface area contributed by atoms with Crippen LogP contribution in [0.1, 0.15) is 6.42 Å². The van der Waals surface area contributed by atoms with Crippen molar-refractivity contribution < 1.29 is 8.42 Å². The van der Waals surface area contributed by atoms with Crippen LogP contribution in [0.4, 0.5) is 5.13 Å². The van der Waals surface area contributed by atoms with Gasteiger partial charge in [-0.1, -0.05) is 41.1 Å². The number of nitrogens with one attached hydrogen (secondary N) is 1. The van der Waals surface area contributed by atoms with Gasteiger partial charge in [-0.25, -0.2) is 8.42 Å². The maximum absolute atomic E-state index is 11.4. The highest BCUT2D eigenvalue weighted by molar-refractivity contribution is 7.91. The Bertz CT molecular complexity index is 745. The van der Waals surface area contributed by atoms with Crippen LogP contribution in [0.3, 0.4) is 0 Å². The normalized spacial score (nSPS) is 20.5. The number of nitrogens with zero attached hydrogens (tertiary/aromatic N) is 2. The van der Waals surface area contributed by atoms with E-state index in [1.807, 2.05) is 24.3 Å². The molecule has 1 saturated heterocycles. The average molecular weight is 344 g/mol. The average Bonchev–Trinajstić information content (AvgIpc) is 3.03. The number of rotatable bonds is 4. The Kier molecular flexibility index (Phi) is 4.14. The number of benzene rings is 1. The second-order valence-electron chi connectivity index (χ2n) is 5.04. The minimum atomic E-state index is -2.83. The third kappa shape index (κ3) is 3.53. The van der Waals surface area contributed by atoms with Gasteiger partial charge in [-0.2, -0.15) is 0 Å². The van der Waals surface area contributed by atoms with Crippen molar-refractivity contribution in [2.45, 2.75) is 6.42 Å². The SMILES string of the molecule is O=S1(=O)CC[C@@H](CNc2nnc(-c3ccccc3Cl)s2)C1. The molecule has 1 aliphatic heterocycles. The van der Waals surface area contributed by atoms with E-state index in [4.69, 9.17) is 11.6 Å². The number of aromatic nitrogens is 2. The van der Waals surface area contributed by atoms with Crippen LogP contribution in [-0.2, 0) is 9.84 Å². The summed E-state index contributed by atoms with van der Waals surface area (Å²) in [7, 11) is -2.83. The Labute approximate surface area is 132 Å². The van der Waals surface area contributed by atoms with Gasteiger partial charge in [-0.15, -0.1) is 10.2 Å². The zero-order valence-electron chi connectivity index (χ0n) is 11.1. The second-order valence-corrected chi connectivity index (χ2v) is 8.66.